The van der Waals surface area contributed by atoms with Crippen LogP contribution in [0.1, 0.15) is 13.3 Å². The maximum atomic E-state index is 5.95. The summed E-state index contributed by atoms with van der Waals surface area (Å²) in [6.07, 6.45) is 0.998. The molecule has 1 heterocycles. The lowest BCUT2D eigenvalue weighted by Crippen LogP contribution is -2.35. The highest BCUT2D eigenvalue weighted by molar-refractivity contribution is 5.69. The average molecular weight is 222 g/mol. The minimum Gasteiger partial charge on any atom is -0.497 e. The van der Waals surface area contributed by atoms with Crippen molar-refractivity contribution in [2.75, 3.05) is 31.4 Å². The molecule has 1 aliphatic rings. The number of nitrogens with one attached hydrogen (secondary N) is 1. The van der Waals surface area contributed by atoms with Gasteiger partial charge < -0.3 is 20.5 Å². The highest BCUT2D eigenvalue weighted by Crippen LogP contribution is 2.29. The van der Waals surface area contributed by atoms with Crippen molar-refractivity contribution in [3.8, 4) is 5.75 Å². The van der Waals surface area contributed by atoms with Crippen LogP contribution in [0, 0.1) is 0 Å². The number of methoxy groups -OCH3 is 1. The normalized spacial score (nSPS) is 24.4. The number of nitrogen functional groups attached to an aromatic ring is 1. The first-order valence-electron chi connectivity index (χ1n) is 5.42. The molecule has 0 radical (unpaired) electrons. The summed E-state index contributed by atoms with van der Waals surface area (Å²) in [4.78, 5) is 0. The Morgan fingerprint density at radius 2 is 2.31 bits per heavy atom. The molecule has 0 saturated carbocycles. The molecule has 1 saturated heterocycles. The Balaban J connectivity index is 2.15. The van der Waals surface area contributed by atoms with Gasteiger partial charge in [-0.05, 0) is 25.5 Å². The van der Waals surface area contributed by atoms with Crippen LogP contribution in [0.3, 0.4) is 0 Å². The topological polar surface area (TPSA) is 56.5 Å². The van der Waals surface area contributed by atoms with Gasteiger partial charge in [0.15, 0.2) is 0 Å². The molecule has 1 atom stereocenters. The van der Waals surface area contributed by atoms with E-state index in [1.807, 2.05) is 18.2 Å². The summed E-state index contributed by atoms with van der Waals surface area (Å²) >= 11 is 0. The monoisotopic (exact) mass is 222 g/mol. The van der Waals surface area contributed by atoms with E-state index in [1.54, 1.807) is 7.11 Å². The second-order valence-electron chi connectivity index (χ2n) is 4.44. The van der Waals surface area contributed by atoms with Crippen molar-refractivity contribution >= 4 is 11.4 Å². The molecule has 4 nitrogen and oxygen atoms in total. The van der Waals surface area contributed by atoms with Gasteiger partial charge in [0.25, 0.3) is 0 Å². The zero-order valence-electron chi connectivity index (χ0n) is 9.75. The lowest BCUT2D eigenvalue weighted by atomic mass is 10.0. The number of anilines is 2. The average Bonchev–Trinajstić information content (AvgIpc) is 2.68. The van der Waals surface area contributed by atoms with E-state index >= 15 is 0 Å². The summed E-state index contributed by atoms with van der Waals surface area (Å²) in [6, 6.07) is 5.66. The lowest BCUT2D eigenvalue weighted by Gasteiger charge is -2.26. The summed E-state index contributed by atoms with van der Waals surface area (Å²) in [6.45, 7) is 3.67. The van der Waals surface area contributed by atoms with Crippen LogP contribution in [0.5, 0.6) is 5.75 Å². The van der Waals surface area contributed by atoms with Crippen molar-refractivity contribution in [3.63, 3.8) is 0 Å². The predicted octanol–water partition coefficient (Wildman–Crippen LogP) is 1.87. The molecule has 2 rings (SSSR count). The van der Waals surface area contributed by atoms with Crippen molar-refractivity contribution in [1.82, 2.24) is 0 Å². The summed E-state index contributed by atoms with van der Waals surface area (Å²) in [5.41, 5.74) is 7.58. The molecular formula is C12H18N2O2. The predicted molar refractivity (Wildman–Crippen MR) is 64.9 cm³/mol. The van der Waals surface area contributed by atoms with E-state index in [1.165, 1.54) is 0 Å². The molecule has 0 bridgehead atoms. The van der Waals surface area contributed by atoms with E-state index in [0.29, 0.717) is 5.69 Å². The van der Waals surface area contributed by atoms with Gasteiger partial charge in [-0.3, -0.25) is 0 Å². The summed E-state index contributed by atoms with van der Waals surface area (Å²) in [5.74, 6) is 0.774. The SMILES string of the molecule is COc1ccc(NC2(C)CCOC2)c(N)c1. The standard InChI is InChI=1S/C12H18N2O2/c1-12(5-6-16-8-12)14-11-4-3-9(15-2)7-10(11)13/h3-4,7,14H,5-6,8,13H2,1-2H3. The third-order valence-electron chi connectivity index (χ3n) is 2.91. The summed E-state index contributed by atoms with van der Waals surface area (Å²) in [7, 11) is 1.63. The van der Waals surface area contributed by atoms with Crippen LogP contribution in [0.4, 0.5) is 11.4 Å². The molecule has 0 amide bonds. The number of ether oxygens (including phenoxy) is 2. The molecule has 16 heavy (non-hydrogen) atoms. The van der Waals surface area contributed by atoms with Gasteiger partial charge >= 0.3 is 0 Å². The van der Waals surface area contributed by atoms with Crippen molar-refractivity contribution in [2.24, 2.45) is 0 Å². The zero-order valence-corrected chi connectivity index (χ0v) is 9.75. The maximum Gasteiger partial charge on any atom is 0.121 e. The number of hydrogen-bond acceptors (Lipinski definition) is 4. The highest BCUT2D eigenvalue weighted by atomic mass is 16.5. The number of benzene rings is 1. The molecule has 3 N–H and O–H groups in total. The van der Waals surface area contributed by atoms with Gasteiger partial charge in [0.1, 0.15) is 5.75 Å². The van der Waals surface area contributed by atoms with Crippen LogP contribution in [0.15, 0.2) is 18.2 Å². The molecule has 1 aliphatic heterocycles. The molecule has 0 aromatic heterocycles. The Hall–Kier alpha value is -1.42. The number of nitrogens with two attached hydrogens (primary N) is 1. The number of rotatable bonds is 3. The van der Waals surface area contributed by atoms with Crippen LogP contribution >= 0.6 is 0 Å². The fourth-order valence-corrected chi connectivity index (χ4v) is 1.87. The fourth-order valence-electron chi connectivity index (χ4n) is 1.87. The minimum atomic E-state index is -0.0112. The maximum absolute atomic E-state index is 5.95. The van der Waals surface area contributed by atoms with Crippen molar-refractivity contribution in [1.29, 1.82) is 0 Å². The third kappa shape index (κ3) is 2.22. The molecule has 1 fully saturated rings. The van der Waals surface area contributed by atoms with Crippen LogP contribution in [0.25, 0.3) is 0 Å². The van der Waals surface area contributed by atoms with Crippen molar-refractivity contribution < 1.29 is 9.47 Å². The molecule has 1 aromatic carbocycles. The second kappa shape index (κ2) is 4.22. The van der Waals surface area contributed by atoms with E-state index in [0.717, 1.165) is 31.1 Å². The Bertz CT molecular complexity index is 373. The lowest BCUT2D eigenvalue weighted by molar-refractivity contribution is 0.185. The quantitative estimate of drug-likeness (QED) is 0.766. The van der Waals surface area contributed by atoms with Gasteiger partial charge in [-0.1, -0.05) is 0 Å². The first kappa shape index (κ1) is 11.1. The first-order chi connectivity index (χ1) is 7.63. The molecule has 1 unspecified atom stereocenters. The second-order valence-corrected chi connectivity index (χ2v) is 4.44. The molecule has 4 heteroatoms. The van der Waals surface area contributed by atoms with Gasteiger partial charge in [0.2, 0.25) is 0 Å². The third-order valence-corrected chi connectivity index (χ3v) is 2.91. The molecule has 0 spiro atoms. The van der Waals surface area contributed by atoms with Gasteiger partial charge in [-0.25, -0.2) is 0 Å². The van der Waals surface area contributed by atoms with E-state index in [2.05, 4.69) is 12.2 Å². The van der Waals surface area contributed by atoms with Gasteiger partial charge in [0, 0.05) is 12.7 Å². The first-order valence-corrected chi connectivity index (χ1v) is 5.42. The highest BCUT2D eigenvalue weighted by Gasteiger charge is 2.29. The number of hydrogen-bond donors (Lipinski definition) is 2. The molecular weight excluding hydrogens is 204 g/mol. The van der Waals surface area contributed by atoms with Crippen LogP contribution in [-0.2, 0) is 4.74 Å². The Kier molecular flexibility index (Phi) is 2.92. The van der Waals surface area contributed by atoms with Gasteiger partial charge in [-0.15, -0.1) is 0 Å². The Morgan fingerprint density at radius 3 is 2.88 bits per heavy atom. The Labute approximate surface area is 95.7 Å². The summed E-state index contributed by atoms with van der Waals surface area (Å²) < 4.78 is 10.5. The van der Waals surface area contributed by atoms with Gasteiger partial charge in [0.05, 0.1) is 30.6 Å². The Morgan fingerprint density at radius 1 is 1.50 bits per heavy atom. The molecule has 0 aliphatic carbocycles. The van der Waals surface area contributed by atoms with E-state index in [9.17, 15) is 0 Å². The van der Waals surface area contributed by atoms with E-state index in [4.69, 9.17) is 15.2 Å². The van der Waals surface area contributed by atoms with E-state index in [-0.39, 0.29) is 5.54 Å². The van der Waals surface area contributed by atoms with E-state index < -0.39 is 0 Å². The van der Waals surface area contributed by atoms with Crippen LogP contribution < -0.4 is 15.8 Å². The van der Waals surface area contributed by atoms with Crippen LogP contribution in [-0.4, -0.2) is 25.9 Å². The van der Waals surface area contributed by atoms with Crippen molar-refractivity contribution in [2.45, 2.75) is 18.9 Å². The molecule has 88 valence electrons. The smallest absolute Gasteiger partial charge is 0.121 e. The van der Waals surface area contributed by atoms with Gasteiger partial charge in [-0.2, -0.15) is 0 Å². The largest absolute Gasteiger partial charge is 0.497 e. The zero-order chi connectivity index (χ0) is 11.6. The summed E-state index contributed by atoms with van der Waals surface area (Å²) in [5, 5.41) is 3.43. The minimum absolute atomic E-state index is 0.0112. The van der Waals surface area contributed by atoms with Crippen LogP contribution in [0.2, 0.25) is 0 Å². The van der Waals surface area contributed by atoms with Crippen molar-refractivity contribution in [3.05, 3.63) is 18.2 Å². The fraction of sp³-hybridized carbons (Fsp3) is 0.500. The molecule has 1 aromatic rings.